The van der Waals surface area contributed by atoms with Crippen LogP contribution in [-0.2, 0) is 9.53 Å². The molecule has 6 nitrogen and oxygen atoms in total. The van der Waals surface area contributed by atoms with E-state index in [0.29, 0.717) is 37.4 Å². The van der Waals surface area contributed by atoms with Gasteiger partial charge in [-0.05, 0) is 91.3 Å². The first-order chi connectivity index (χ1) is 18.5. The molecule has 7 heteroatoms. The van der Waals surface area contributed by atoms with E-state index in [1.807, 2.05) is 32.9 Å². The Bertz CT molecular complexity index is 1290. The highest BCUT2D eigenvalue weighted by Gasteiger charge is 2.20. The van der Waals surface area contributed by atoms with E-state index in [0.717, 1.165) is 39.9 Å². The van der Waals surface area contributed by atoms with Gasteiger partial charge in [-0.1, -0.05) is 26.8 Å². The molecule has 1 amide bonds. The van der Waals surface area contributed by atoms with Crippen LogP contribution in [0.3, 0.4) is 0 Å². The summed E-state index contributed by atoms with van der Waals surface area (Å²) in [6.45, 7) is 13.2. The van der Waals surface area contributed by atoms with E-state index in [1.165, 1.54) is 12.3 Å². The number of ether oxygens (including phenoxy) is 1. The summed E-state index contributed by atoms with van der Waals surface area (Å²) in [6, 6.07) is 12.3. The highest BCUT2D eigenvalue weighted by Crippen LogP contribution is 2.33. The number of halogens is 1. The molecular weight excluding hydrogens is 493 g/mol. The topological polar surface area (TPSA) is 81.2 Å². The molecule has 0 bridgehead atoms. The Hall–Kier alpha value is -3.87. The second-order valence-electron chi connectivity index (χ2n) is 11.1. The molecule has 3 rings (SSSR count). The van der Waals surface area contributed by atoms with Gasteiger partial charge in [0.05, 0.1) is 18.5 Å². The fourth-order valence-corrected chi connectivity index (χ4v) is 4.43. The molecule has 0 saturated carbocycles. The van der Waals surface area contributed by atoms with Crippen LogP contribution in [0.1, 0.15) is 67.7 Å². The SMILES string of the molecule is C/C(=C(\CC(C=O)CCNC(=O)c1ccccn1)OCC(C)(C)C)c1c(C)cc(-c2ccc(F)cn2)cc1C. The van der Waals surface area contributed by atoms with Crippen molar-refractivity contribution >= 4 is 17.8 Å². The fraction of sp³-hybridized carbons (Fsp3) is 0.375. The molecule has 3 aromatic rings. The van der Waals surface area contributed by atoms with E-state index in [9.17, 15) is 14.0 Å². The molecule has 0 aliphatic carbocycles. The van der Waals surface area contributed by atoms with E-state index in [4.69, 9.17) is 4.74 Å². The van der Waals surface area contributed by atoms with Gasteiger partial charge in [-0.25, -0.2) is 4.39 Å². The highest BCUT2D eigenvalue weighted by atomic mass is 19.1. The number of nitrogens with one attached hydrogen (secondary N) is 1. The Labute approximate surface area is 230 Å². The lowest BCUT2D eigenvalue weighted by Gasteiger charge is -2.25. The summed E-state index contributed by atoms with van der Waals surface area (Å²) < 4.78 is 19.7. The van der Waals surface area contributed by atoms with Gasteiger partial charge in [-0.15, -0.1) is 0 Å². The molecule has 1 aromatic carbocycles. The number of aromatic nitrogens is 2. The van der Waals surface area contributed by atoms with Crippen LogP contribution in [-0.4, -0.2) is 35.3 Å². The molecule has 2 heterocycles. The lowest BCUT2D eigenvalue weighted by Crippen LogP contribution is -2.27. The summed E-state index contributed by atoms with van der Waals surface area (Å²) in [5.41, 5.74) is 5.99. The molecule has 1 N–H and O–H groups in total. The Kier molecular flexibility index (Phi) is 10.1. The molecule has 1 atom stereocenters. The summed E-state index contributed by atoms with van der Waals surface area (Å²) in [7, 11) is 0. The summed E-state index contributed by atoms with van der Waals surface area (Å²) >= 11 is 0. The van der Waals surface area contributed by atoms with Gasteiger partial charge in [0.1, 0.15) is 23.6 Å². The van der Waals surface area contributed by atoms with Gasteiger partial charge in [0.25, 0.3) is 5.91 Å². The second-order valence-corrected chi connectivity index (χ2v) is 11.1. The Morgan fingerprint density at radius 2 is 1.82 bits per heavy atom. The average molecular weight is 532 g/mol. The number of hydrogen-bond donors (Lipinski definition) is 1. The fourth-order valence-electron chi connectivity index (χ4n) is 4.43. The molecule has 0 spiro atoms. The lowest BCUT2D eigenvalue weighted by atomic mass is 9.90. The van der Waals surface area contributed by atoms with Crippen LogP contribution in [0.15, 0.2) is 60.6 Å². The average Bonchev–Trinajstić information content (AvgIpc) is 2.89. The molecule has 206 valence electrons. The molecule has 0 aliphatic heterocycles. The van der Waals surface area contributed by atoms with Crippen molar-refractivity contribution in [2.45, 2.75) is 54.4 Å². The number of hydrogen-bond acceptors (Lipinski definition) is 5. The quantitative estimate of drug-likeness (QED) is 0.219. The number of amides is 1. The summed E-state index contributed by atoms with van der Waals surface area (Å²) in [5.74, 6) is -0.207. The van der Waals surface area contributed by atoms with Crippen LogP contribution >= 0.6 is 0 Å². The Balaban J connectivity index is 1.84. The zero-order valence-corrected chi connectivity index (χ0v) is 23.7. The van der Waals surface area contributed by atoms with Gasteiger partial charge in [-0.3, -0.25) is 14.8 Å². The number of aldehydes is 1. The third-order valence-electron chi connectivity index (χ3n) is 6.37. The summed E-state index contributed by atoms with van der Waals surface area (Å²) in [6.07, 6.45) is 4.62. The van der Waals surface area contributed by atoms with E-state index < -0.39 is 0 Å². The van der Waals surface area contributed by atoms with Crippen molar-refractivity contribution in [1.82, 2.24) is 15.3 Å². The van der Waals surface area contributed by atoms with Crippen molar-refractivity contribution in [3.05, 3.63) is 88.8 Å². The Morgan fingerprint density at radius 3 is 2.38 bits per heavy atom. The molecule has 1 unspecified atom stereocenters. The zero-order chi connectivity index (χ0) is 28.6. The van der Waals surface area contributed by atoms with E-state index in [2.05, 4.69) is 36.1 Å². The number of aryl methyl sites for hydroxylation is 2. The van der Waals surface area contributed by atoms with Crippen molar-refractivity contribution in [3.63, 3.8) is 0 Å². The van der Waals surface area contributed by atoms with Crippen LogP contribution in [0, 0.1) is 31.0 Å². The minimum Gasteiger partial charge on any atom is -0.497 e. The molecular formula is C32H38FN3O3. The van der Waals surface area contributed by atoms with Crippen molar-refractivity contribution in [2.24, 2.45) is 11.3 Å². The molecule has 2 aromatic heterocycles. The first-order valence-corrected chi connectivity index (χ1v) is 13.2. The van der Waals surface area contributed by atoms with Gasteiger partial charge >= 0.3 is 0 Å². The minimum atomic E-state index is -0.371. The van der Waals surface area contributed by atoms with Crippen LogP contribution in [0.2, 0.25) is 0 Å². The summed E-state index contributed by atoms with van der Waals surface area (Å²) in [5, 5.41) is 2.85. The van der Waals surface area contributed by atoms with Crippen molar-refractivity contribution in [2.75, 3.05) is 13.2 Å². The molecule has 0 aliphatic rings. The number of carbonyl (C=O) groups excluding carboxylic acids is 2. The normalized spacial score (nSPS) is 12.9. The first-order valence-electron chi connectivity index (χ1n) is 13.2. The zero-order valence-electron chi connectivity index (χ0n) is 23.7. The standard InChI is InChI=1S/C32H38FN3O3/c1-21-15-25(27-11-10-26(33)18-36-27)16-22(2)30(21)23(3)29(39-20-32(4,5)6)17-24(19-37)12-14-35-31(38)28-9-7-8-13-34-28/h7-11,13,15-16,18-19,24H,12,14,17,20H2,1-6H3,(H,35,38)/b29-23-. The van der Waals surface area contributed by atoms with Gasteiger partial charge in [0.15, 0.2) is 0 Å². The predicted octanol–water partition coefficient (Wildman–Crippen LogP) is 6.72. The smallest absolute Gasteiger partial charge is 0.269 e. The van der Waals surface area contributed by atoms with E-state index >= 15 is 0 Å². The summed E-state index contributed by atoms with van der Waals surface area (Å²) in [4.78, 5) is 32.7. The molecule has 0 radical (unpaired) electrons. The van der Waals surface area contributed by atoms with Crippen LogP contribution in [0.25, 0.3) is 16.8 Å². The van der Waals surface area contributed by atoms with Gasteiger partial charge in [0.2, 0.25) is 0 Å². The number of allylic oxidation sites excluding steroid dienone is 2. The number of carbonyl (C=O) groups is 2. The molecule has 0 saturated heterocycles. The van der Waals surface area contributed by atoms with Crippen LogP contribution in [0.4, 0.5) is 4.39 Å². The second kappa shape index (κ2) is 13.3. The third kappa shape index (κ3) is 8.57. The lowest BCUT2D eigenvalue weighted by molar-refractivity contribution is -0.111. The third-order valence-corrected chi connectivity index (χ3v) is 6.37. The minimum absolute atomic E-state index is 0.0684. The maximum absolute atomic E-state index is 13.4. The van der Waals surface area contributed by atoms with Gasteiger partial charge in [0, 0.05) is 30.6 Å². The monoisotopic (exact) mass is 531 g/mol. The van der Waals surface area contributed by atoms with Crippen LogP contribution in [0.5, 0.6) is 0 Å². The number of rotatable bonds is 11. The van der Waals surface area contributed by atoms with Crippen molar-refractivity contribution < 1.29 is 18.7 Å². The van der Waals surface area contributed by atoms with Gasteiger partial charge < -0.3 is 14.8 Å². The maximum atomic E-state index is 13.4. The first kappa shape index (κ1) is 29.7. The van der Waals surface area contributed by atoms with Crippen LogP contribution < -0.4 is 5.32 Å². The highest BCUT2D eigenvalue weighted by molar-refractivity contribution is 5.92. The number of benzene rings is 1. The van der Waals surface area contributed by atoms with E-state index in [-0.39, 0.29) is 23.1 Å². The number of nitrogens with zero attached hydrogens (tertiary/aromatic N) is 2. The largest absolute Gasteiger partial charge is 0.497 e. The molecule has 39 heavy (non-hydrogen) atoms. The maximum Gasteiger partial charge on any atom is 0.269 e. The number of pyridine rings is 2. The molecule has 0 fully saturated rings. The van der Waals surface area contributed by atoms with E-state index in [1.54, 1.807) is 30.5 Å². The van der Waals surface area contributed by atoms with Crippen molar-refractivity contribution in [3.8, 4) is 11.3 Å². The predicted molar refractivity (Wildman–Crippen MR) is 152 cm³/mol. The Morgan fingerprint density at radius 1 is 1.10 bits per heavy atom. The van der Waals surface area contributed by atoms with Gasteiger partial charge in [-0.2, -0.15) is 0 Å². The van der Waals surface area contributed by atoms with Crippen molar-refractivity contribution in [1.29, 1.82) is 0 Å².